The summed E-state index contributed by atoms with van der Waals surface area (Å²) in [5.41, 5.74) is 0.496. The molecule has 2 aromatic rings. The molecule has 0 bridgehead atoms. The van der Waals surface area contributed by atoms with Gasteiger partial charge in [-0.3, -0.25) is 0 Å². The highest BCUT2D eigenvalue weighted by atomic mass is 28.3. The summed E-state index contributed by atoms with van der Waals surface area (Å²) in [4.78, 5) is 12.3. The maximum atomic E-state index is 12.3. The molecule has 0 amide bonds. The molecule has 0 aromatic heterocycles. The number of carbonyl (C=O) groups is 1. The van der Waals surface area contributed by atoms with Crippen molar-refractivity contribution in [3.63, 3.8) is 0 Å². The van der Waals surface area contributed by atoms with Gasteiger partial charge in [0.25, 0.3) is 0 Å². The van der Waals surface area contributed by atoms with Gasteiger partial charge < -0.3 is 14.2 Å². The lowest BCUT2D eigenvalue weighted by Crippen LogP contribution is -2.19. The van der Waals surface area contributed by atoms with Gasteiger partial charge in [-0.2, -0.15) is 0 Å². The molecular weight excluding hydrogens is 356 g/mol. The summed E-state index contributed by atoms with van der Waals surface area (Å²) in [5, 5.41) is 0. The lowest BCUT2D eigenvalue weighted by Gasteiger charge is -2.15. The number of carbonyl (C=O) groups excluding carboxylic acids is 1. The van der Waals surface area contributed by atoms with Crippen molar-refractivity contribution in [2.24, 2.45) is 0 Å². The number of esters is 1. The highest BCUT2D eigenvalue weighted by Crippen LogP contribution is 2.20. The molecular formula is C22H30O4Si. The van der Waals surface area contributed by atoms with Crippen LogP contribution in [-0.4, -0.2) is 27.3 Å². The second kappa shape index (κ2) is 10.2. The Labute approximate surface area is 163 Å². The first-order chi connectivity index (χ1) is 12.9. The first kappa shape index (κ1) is 21.0. The van der Waals surface area contributed by atoms with Gasteiger partial charge in [-0.15, -0.1) is 0 Å². The van der Waals surface area contributed by atoms with Crippen molar-refractivity contribution in [1.29, 1.82) is 0 Å². The topological polar surface area (TPSA) is 44.8 Å². The Balaban J connectivity index is 1.82. The Morgan fingerprint density at radius 1 is 0.815 bits per heavy atom. The van der Waals surface area contributed by atoms with E-state index in [-0.39, 0.29) is 5.97 Å². The van der Waals surface area contributed by atoms with Crippen LogP contribution in [0, 0.1) is 0 Å². The summed E-state index contributed by atoms with van der Waals surface area (Å²) in [6, 6.07) is 15.4. The molecule has 0 saturated heterocycles. The smallest absolute Gasteiger partial charge is 0.343 e. The number of ether oxygens (including phenoxy) is 3. The zero-order chi connectivity index (χ0) is 19.7. The van der Waals surface area contributed by atoms with Gasteiger partial charge in [-0.05, 0) is 61.4 Å². The highest BCUT2D eigenvalue weighted by molar-refractivity contribution is 6.76. The van der Waals surface area contributed by atoms with E-state index in [1.165, 1.54) is 6.04 Å². The van der Waals surface area contributed by atoms with Crippen LogP contribution in [0.25, 0.3) is 0 Å². The van der Waals surface area contributed by atoms with Gasteiger partial charge >= 0.3 is 5.97 Å². The molecule has 2 rings (SSSR count). The van der Waals surface area contributed by atoms with Gasteiger partial charge in [-0.1, -0.05) is 32.6 Å². The summed E-state index contributed by atoms with van der Waals surface area (Å²) in [5.74, 6) is 1.66. The van der Waals surface area contributed by atoms with Crippen molar-refractivity contribution in [3.8, 4) is 17.2 Å². The molecule has 0 atom stereocenters. The summed E-state index contributed by atoms with van der Waals surface area (Å²) < 4.78 is 16.7. The van der Waals surface area contributed by atoms with Crippen LogP contribution in [0.3, 0.4) is 0 Å². The minimum atomic E-state index is -1.02. The molecule has 2 aromatic carbocycles. The zero-order valence-electron chi connectivity index (χ0n) is 16.8. The van der Waals surface area contributed by atoms with Gasteiger partial charge in [0.15, 0.2) is 0 Å². The van der Waals surface area contributed by atoms with E-state index in [2.05, 4.69) is 26.6 Å². The average molecular weight is 387 g/mol. The summed E-state index contributed by atoms with van der Waals surface area (Å²) in [6.07, 6.45) is 2.02. The molecule has 0 N–H and O–H groups in total. The van der Waals surface area contributed by atoms with E-state index in [9.17, 15) is 4.79 Å². The van der Waals surface area contributed by atoms with Crippen LogP contribution >= 0.6 is 0 Å². The molecule has 0 heterocycles. The van der Waals surface area contributed by atoms with Crippen LogP contribution in [0.5, 0.6) is 17.2 Å². The maximum Gasteiger partial charge on any atom is 0.343 e. The van der Waals surface area contributed by atoms with Gasteiger partial charge in [0, 0.05) is 8.07 Å². The summed E-state index contributed by atoms with van der Waals surface area (Å²) >= 11 is 0. The fourth-order valence-electron chi connectivity index (χ4n) is 2.47. The predicted molar refractivity (Wildman–Crippen MR) is 112 cm³/mol. The van der Waals surface area contributed by atoms with E-state index < -0.39 is 8.07 Å². The van der Waals surface area contributed by atoms with E-state index in [1.54, 1.807) is 36.4 Å². The lowest BCUT2D eigenvalue weighted by atomic mass is 10.2. The maximum absolute atomic E-state index is 12.3. The number of rotatable bonds is 10. The quantitative estimate of drug-likeness (QED) is 0.224. The summed E-state index contributed by atoms with van der Waals surface area (Å²) in [7, 11) is -1.02. The summed E-state index contributed by atoms with van der Waals surface area (Å²) in [6.45, 7) is 10.5. The Bertz CT molecular complexity index is 703. The van der Waals surface area contributed by atoms with Gasteiger partial charge in [0.2, 0.25) is 0 Å². The molecule has 146 valence electrons. The minimum absolute atomic E-state index is 0.387. The van der Waals surface area contributed by atoms with Crippen LogP contribution in [0.1, 0.15) is 30.1 Å². The first-order valence-electron chi connectivity index (χ1n) is 9.55. The van der Waals surface area contributed by atoms with Crippen molar-refractivity contribution < 1.29 is 19.0 Å². The van der Waals surface area contributed by atoms with E-state index in [4.69, 9.17) is 14.2 Å². The predicted octanol–water partition coefficient (Wildman–Crippen LogP) is 5.80. The van der Waals surface area contributed by atoms with Crippen LogP contribution < -0.4 is 14.2 Å². The molecule has 0 aliphatic carbocycles. The van der Waals surface area contributed by atoms with Crippen molar-refractivity contribution in [1.82, 2.24) is 0 Å². The van der Waals surface area contributed by atoms with Crippen molar-refractivity contribution >= 4 is 14.0 Å². The monoisotopic (exact) mass is 386 g/mol. The highest BCUT2D eigenvalue weighted by Gasteiger charge is 2.12. The van der Waals surface area contributed by atoms with Gasteiger partial charge in [0.1, 0.15) is 17.2 Å². The Hall–Kier alpha value is -2.27. The minimum Gasteiger partial charge on any atom is -0.494 e. The molecule has 4 nitrogen and oxygen atoms in total. The molecule has 0 radical (unpaired) electrons. The standard InChI is InChI=1S/C22H30O4Si/c1-5-15-24-20-11-13-21(14-12-20)26-22(23)18-7-9-19(10-8-18)25-16-6-17-27(2,3)4/h7-14H,5-6,15-17H2,1-4H3. The fourth-order valence-corrected chi connectivity index (χ4v) is 3.67. The van der Waals surface area contributed by atoms with Crippen molar-refractivity contribution in [2.75, 3.05) is 13.2 Å². The van der Waals surface area contributed by atoms with E-state index in [1.807, 2.05) is 12.1 Å². The molecule has 0 aliphatic heterocycles. The van der Waals surface area contributed by atoms with E-state index in [0.717, 1.165) is 24.3 Å². The van der Waals surface area contributed by atoms with Gasteiger partial charge in [-0.25, -0.2) is 4.79 Å². The number of hydrogen-bond donors (Lipinski definition) is 0. The number of benzene rings is 2. The molecule has 0 aliphatic rings. The van der Waals surface area contributed by atoms with E-state index in [0.29, 0.717) is 24.5 Å². The molecule has 0 unspecified atom stereocenters. The largest absolute Gasteiger partial charge is 0.494 e. The SMILES string of the molecule is CCCOc1ccc(OC(=O)c2ccc(OCCC[Si](C)(C)C)cc2)cc1. The Morgan fingerprint density at radius 3 is 1.89 bits per heavy atom. The molecule has 5 heteroatoms. The third kappa shape index (κ3) is 7.87. The van der Waals surface area contributed by atoms with Crippen LogP contribution in [0.2, 0.25) is 25.7 Å². The van der Waals surface area contributed by atoms with Crippen LogP contribution in [-0.2, 0) is 0 Å². The average Bonchev–Trinajstić information content (AvgIpc) is 2.64. The lowest BCUT2D eigenvalue weighted by molar-refractivity contribution is 0.0734. The molecule has 0 fully saturated rings. The molecule has 0 spiro atoms. The van der Waals surface area contributed by atoms with Crippen LogP contribution in [0.15, 0.2) is 48.5 Å². The normalized spacial score (nSPS) is 11.1. The second-order valence-corrected chi connectivity index (χ2v) is 13.4. The van der Waals surface area contributed by atoms with E-state index >= 15 is 0 Å². The number of hydrogen-bond acceptors (Lipinski definition) is 4. The molecule has 0 saturated carbocycles. The van der Waals surface area contributed by atoms with Gasteiger partial charge in [0.05, 0.1) is 18.8 Å². The zero-order valence-corrected chi connectivity index (χ0v) is 17.8. The third-order valence-electron chi connectivity index (χ3n) is 3.94. The van der Waals surface area contributed by atoms with Crippen molar-refractivity contribution in [3.05, 3.63) is 54.1 Å². The van der Waals surface area contributed by atoms with Crippen molar-refractivity contribution in [2.45, 2.75) is 45.5 Å². The Morgan fingerprint density at radius 2 is 1.33 bits per heavy atom. The Kier molecular flexibility index (Phi) is 7.92. The second-order valence-electron chi connectivity index (χ2n) is 7.75. The molecule has 27 heavy (non-hydrogen) atoms. The third-order valence-corrected chi connectivity index (χ3v) is 5.79. The first-order valence-corrected chi connectivity index (χ1v) is 13.3. The van der Waals surface area contributed by atoms with Crippen LogP contribution in [0.4, 0.5) is 0 Å². The fraction of sp³-hybridized carbons (Fsp3) is 0.409.